The fourth-order valence-corrected chi connectivity index (χ4v) is 4.60. The summed E-state index contributed by atoms with van der Waals surface area (Å²) in [4.78, 5) is 15.7. The first-order chi connectivity index (χ1) is 13.8. The number of nitrogens with one attached hydrogen (secondary N) is 3. The Kier molecular flexibility index (Phi) is 6.40. The Morgan fingerprint density at radius 3 is 1.89 bits per heavy atom. The van der Waals surface area contributed by atoms with Crippen molar-refractivity contribution in [2.24, 2.45) is 0 Å². The predicted octanol–water partition coefficient (Wildman–Crippen LogP) is 0.843. The van der Waals surface area contributed by atoms with Crippen molar-refractivity contribution < 1.29 is 14.6 Å². The molecular formula is C24H33N3O+2. The Morgan fingerprint density at radius 1 is 0.786 bits per heavy atom. The maximum Gasteiger partial charge on any atom is 0.251 e. The molecule has 1 amide bonds. The Balaban J connectivity index is 1.23. The molecule has 4 nitrogen and oxygen atoms in total. The van der Waals surface area contributed by atoms with Gasteiger partial charge in [-0.15, -0.1) is 0 Å². The van der Waals surface area contributed by atoms with Gasteiger partial charge in [-0.1, -0.05) is 55.3 Å². The van der Waals surface area contributed by atoms with Gasteiger partial charge in [0.2, 0.25) is 0 Å². The number of hydrogen-bond acceptors (Lipinski definition) is 1. The van der Waals surface area contributed by atoms with Crippen LogP contribution in [0.3, 0.4) is 0 Å². The zero-order valence-corrected chi connectivity index (χ0v) is 16.8. The highest BCUT2D eigenvalue weighted by molar-refractivity contribution is 5.94. The smallest absolute Gasteiger partial charge is 0.251 e. The highest BCUT2D eigenvalue weighted by Gasteiger charge is 2.23. The fraction of sp³-hybridized carbons (Fsp3) is 0.458. The molecule has 0 atom stereocenters. The first kappa shape index (κ1) is 19.2. The summed E-state index contributed by atoms with van der Waals surface area (Å²) in [5.41, 5.74) is 3.56. The van der Waals surface area contributed by atoms with Crippen LogP contribution in [0.1, 0.15) is 47.2 Å². The lowest BCUT2D eigenvalue weighted by atomic mass is 10.1. The molecule has 0 bridgehead atoms. The van der Waals surface area contributed by atoms with Gasteiger partial charge in [-0.3, -0.25) is 4.79 Å². The maximum absolute atomic E-state index is 12.4. The third kappa shape index (κ3) is 5.21. The zero-order valence-electron chi connectivity index (χ0n) is 16.8. The van der Waals surface area contributed by atoms with Crippen molar-refractivity contribution in [2.45, 2.75) is 44.8 Å². The van der Waals surface area contributed by atoms with Gasteiger partial charge in [-0.05, 0) is 25.0 Å². The van der Waals surface area contributed by atoms with Crippen molar-refractivity contribution in [1.82, 2.24) is 5.32 Å². The van der Waals surface area contributed by atoms with E-state index < -0.39 is 0 Å². The molecule has 1 heterocycles. The van der Waals surface area contributed by atoms with Crippen molar-refractivity contribution in [3.8, 4) is 0 Å². The molecule has 1 aliphatic carbocycles. The molecule has 148 valence electrons. The second-order valence-electron chi connectivity index (χ2n) is 8.49. The van der Waals surface area contributed by atoms with Gasteiger partial charge in [-0.25, -0.2) is 0 Å². The van der Waals surface area contributed by atoms with Gasteiger partial charge in [0.15, 0.2) is 0 Å². The number of carbonyl (C=O) groups is 1. The van der Waals surface area contributed by atoms with Crippen molar-refractivity contribution in [3.05, 3.63) is 71.3 Å². The summed E-state index contributed by atoms with van der Waals surface area (Å²) in [5, 5.41) is 3.17. The summed E-state index contributed by atoms with van der Waals surface area (Å²) in [6.07, 6.45) is 4.75. The number of amides is 1. The molecule has 2 fully saturated rings. The maximum atomic E-state index is 12.4. The van der Waals surface area contributed by atoms with Crippen LogP contribution in [-0.4, -0.2) is 38.1 Å². The van der Waals surface area contributed by atoms with Crippen LogP contribution in [0.15, 0.2) is 54.6 Å². The zero-order chi connectivity index (χ0) is 19.2. The van der Waals surface area contributed by atoms with E-state index in [0.717, 1.165) is 31.5 Å². The van der Waals surface area contributed by atoms with E-state index in [1.165, 1.54) is 50.1 Å². The van der Waals surface area contributed by atoms with Crippen LogP contribution in [0.25, 0.3) is 0 Å². The lowest BCUT2D eigenvalue weighted by Crippen LogP contribution is -3.27. The van der Waals surface area contributed by atoms with Gasteiger partial charge in [0.05, 0.1) is 0 Å². The van der Waals surface area contributed by atoms with E-state index in [9.17, 15) is 4.79 Å². The lowest BCUT2D eigenvalue weighted by Gasteiger charge is -2.29. The summed E-state index contributed by atoms with van der Waals surface area (Å²) < 4.78 is 0. The fourth-order valence-electron chi connectivity index (χ4n) is 4.60. The number of quaternary nitrogens is 2. The van der Waals surface area contributed by atoms with Gasteiger partial charge >= 0.3 is 0 Å². The second-order valence-corrected chi connectivity index (χ2v) is 8.49. The summed E-state index contributed by atoms with van der Waals surface area (Å²) in [6, 6.07) is 19.5. The molecule has 4 rings (SSSR count). The van der Waals surface area contributed by atoms with Crippen LogP contribution in [0, 0.1) is 0 Å². The Morgan fingerprint density at radius 2 is 1.32 bits per heavy atom. The van der Waals surface area contributed by atoms with Gasteiger partial charge in [-0.2, -0.15) is 0 Å². The lowest BCUT2D eigenvalue weighted by molar-refractivity contribution is -1.02. The van der Waals surface area contributed by atoms with Crippen LogP contribution < -0.4 is 15.1 Å². The van der Waals surface area contributed by atoms with Crippen molar-refractivity contribution >= 4 is 5.91 Å². The molecule has 2 aromatic carbocycles. The first-order valence-electron chi connectivity index (χ1n) is 10.9. The molecule has 1 saturated heterocycles. The van der Waals surface area contributed by atoms with E-state index in [4.69, 9.17) is 0 Å². The van der Waals surface area contributed by atoms with E-state index in [-0.39, 0.29) is 5.91 Å². The monoisotopic (exact) mass is 379 g/mol. The topological polar surface area (TPSA) is 38.0 Å². The standard InChI is InChI=1S/C24H31N3O/c28-24(25-23-8-4-5-9-23)22-12-10-21(11-13-22)19-27-16-14-26(15-17-27)18-20-6-2-1-3-7-20/h1-3,6-7,10-13,23H,4-5,8-9,14-19H2,(H,25,28)/p+2. The molecule has 1 saturated carbocycles. The van der Waals surface area contributed by atoms with E-state index in [1.54, 1.807) is 9.80 Å². The van der Waals surface area contributed by atoms with Crippen molar-refractivity contribution in [2.75, 3.05) is 26.2 Å². The molecule has 28 heavy (non-hydrogen) atoms. The molecule has 0 unspecified atom stereocenters. The van der Waals surface area contributed by atoms with E-state index in [0.29, 0.717) is 6.04 Å². The number of rotatable bonds is 6. The molecule has 0 radical (unpaired) electrons. The minimum absolute atomic E-state index is 0.0870. The van der Waals surface area contributed by atoms with Crippen LogP contribution in [0.5, 0.6) is 0 Å². The summed E-state index contributed by atoms with van der Waals surface area (Å²) >= 11 is 0. The molecule has 0 aromatic heterocycles. The second kappa shape index (κ2) is 9.35. The van der Waals surface area contributed by atoms with Gasteiger partial charge in [0.1, 0.15) is 39.3 Å². The first-order valence-corrected chi connectivity index (χ1v) is 10.9. The third-order valence-corrected chi connectivity index (χ3v) is 6.32. The molecule has 2 aliphatic rings. The minimum Gasteiger partial charge on any atom is -0.349 e. The summed E-state index contributed by atoms with van der Waals surface area (Å²) in [5.74, 6) is 0.0870. The SMILES string of the molecule is O=C(NC1CCCC1)c1ccc(C[NH+]2CC[NH+](Cc3ccccc3)CC2)cc1. The molecular weight excluding hydrogens is 346 g/mol. The van der Waals surface area contributed by atoms with E-state index in [2.05, 4.69) is 47.8 Å². The molecule has 0 spiro atoms. The summed E-state index contributed by atoms with van der Waals surface area (Å²) in [6.45, 7) is 7.08. The van der Waals surface area contributed by atoms with E-state index in [1.807, 2.05) is 12.1 Å². The van der Waals surface area contributed by atoms with Crippen molar-refractivity contribution in [1.29, 1.82) is 0 Å². The quantitative estimate of drug-likeness (QED) is 0.684. The van der Waals surface area contributed by atoms with Gasteiger partial charge < -0.3 is 15.1 Å². The largest absolute Gasteiger partial charge is 0.349 e. The molecule has 4 heteroatoms. The van der Waals surface area contributed by atoms with Crippen molar-refractivity contribution in [3.63, 3.8) is 0 Å². The third-order valence-electron chi connectivity index (χ3n) is 6.32. The van der Waals surface area contributed by atoms with Crippen LogP contribution >= 0.6 is 0 Å². The summed E-state index contributed by atoms with van der Waals surface area (Å²) in [7, 11) is 0. The Labute approximate surface area is 168 Å². The molecule has 1 aliphatic heterocycles. The normalized spacial score (nSPS) is 22.9. The number of benzene rings is 2. The number of carbonyl (C=O) groups excluding carboxylic acids is 1. The Hall–Kier alpha value is -2.17. The highest BCUT2D eigenvalue weighted by atomic mass is 16.1. The average molecular weight is 380 g/mol. The minimum atomic E-state index is 0.0870. The number of piperazine rings is 1. The molecule has 3 N–H and O–H groups in total. The van der Waals surface area contributed by atoms with Crippen LogP contribution in [0.2, 0.25) is 0 Å². The highest BCUT2D eigenvalue weighted by Crippen LogP contribution is 2.18. The van der Waals surface area contributed by atoms with Gasteiger partial charge in [0, 0.05) is 22.7 Å². The predicted molar refractivity (Wildman–Crippen MR) is 111 cm³/mol. The van der Waals surface area contributed by atoms with Crippen LogP contribution in [0.4, 0.5) is 0 Å². The van der Waals surface area contributed by atoms with E-state index >= 15 is 0 Å². The average Bonchev–Trinajstić information content (AvgIpc) is 3.24. The Bertz CT molecular complexity index is 745. The molecule has 2 aromatic rings. The number of hydrogen-bond donors (Lipinski definition) is 3. The van der Waals surface area contributed by atoms with Crippen LogP contribution in [-0.2, 0) is 13.1 Å². The van der Waals surface area contributed by atoms with Gasteiger partial charge in [0.25, 0.3) is 5.91 Å².